The number of hydrogen-bond acceptors (Lipinski definition) is 4. The average Bonchev–Trinajstić information content (AvgIpc) is 2.57. The zero-order chi connectivity index (χ0) is 11.6. The van der Waals surface area contributed by atoms with E-state index in [1.165, 1.54) is 7.11 Å². The van der Waals surface area contributed by atoms with E-state index in [0.717, 1.165) is 0 Å². The van der Waals surface area contributed by atoms with Gasteiger partial charge in [-0.3, -0.25) is 9.59 Å². The summed E-state index contributed by atoms with van der Waals surface area (Å²) in [5.41, 5.74) is 0. The molecule has 5 nitrogen and oxygen atoms in total. The fraction of sp³-hybridized carbons (Fsp3) is 0.700. The van der Waals surface area contributed by atoms with Gasteiger partial charge >= 0.3 is 11.9 Å². The number of ether oxygens (including phenoxy) is 1. The normalized spacial score (nSPS) is 29.9. The second-order valence-corrected chi connectivity index (χ2v) is 3.98. The minimum absolute atomic E-state index is 0.183. The predicted octanol–water partition coefficient (Wildman–Crippen LogP) is 0.475. The molecule has 1 rings (SSSR count). The van der Waals surface area contributed by atoms with E-state index >= 15 is 0 Å². The molecular formula is C10H14O5. The number of carboxylic acid groups (broad SMARTS) is 1. The first-order valence-corrected chi connectivity index (χ1v) is 4.82. The van der Waals surface area contributed by atoms with Crippen molar-refractivity contribution >= 4 is 17.7 Å². The molecule has 0 aromatic carbocycles. The van der Waals surface area contributed by atoms with Gasteiger partial charge in [0.25, 0.3) is 0 Å². The summed E-state index contributed by atoms with van der Waals surface area (Å²) in [7, 11) is 1.24. The Morgan fingerprint density at radius 2 is 1.73 bits per heavy atom. The van der Waals surface area contributed by atoms with Gasteiger partial charge in [0, 0.05) is 5.92 Å². The first-order chi connectivity index (χ1) is 6.97. The zero-order valence-corrected chi connectivity index (χ0v) is 8.73. The summed E-state index contributed by atoms with van der Waals surface area (Å²) in [5.74, 6) is -3.96. The summed E-state index contributed by atoms with van der Waals surface area (Å²) < 4.78 is 4.56. The molecule has 1 N–H and O–H groups in total. The SMILES string of the molecule is COC(=O)C1CC(C)CC1C(=O)C(=O)O. The van der Waals surface area contributed by atoms with Crippen molar-refractivity contribution < 1.29 is 24.2 Å². The number of carbonyl (C=O) groups excluding carboxylic acids is 2. The van der Waals surface area contributed by atoms with Gasteiger partial charge in [0.05, 0.1) is 13.0 Å². The van der Waals surface area contributed by atoms with Gasteiger partial charge in [-0.2, -0.15) is 0 Å². The molecule has 0 aromatic heterocycles. The molecule has 0 amide bonds. The highest BCUT2D eigenvalue weighted by Crippen LogP contribution is 2.37. The Morgan fingerprint density at radius 3 is 2.20 bits per heavy atom. The van der Waals surface area contributed by atoms with Gasteiger partial charge in [0.2, 0.25) is 5.78 Å². The summed E-state index contributed by atoms with van der Waals surface area (Å²) in [4.78, 5) is 33.2. The number of aliphatic carboxylic acids is 1. The van der Waals surface area contributed by atoms with Crippen LogP contribution in [0.2, 0.25) is 0 Å². The molecule has 1 aliphatic rings. The fourth-order valence-electron chi connectivity index (χ4n) is 2.15. The van der Waals surface area contributed by atoms with Crippen molar-refractivity contribution in [2.75, 3.05) is 7.11 Å². The van der Waals surface area contributed by atoms with E-state index in [9.17, 15) is 14.4 Å². The summed E-state index contributed by atoms with van der Waals surface area (Å²) in [6, 6.07) is 0. The molecule has 0 radical (unpaired) electrons. The molecule has 1 fully saturated rings. The van der Waals surface area contributed by atoms with Crippen LogP contribution in [-0.4, -0.2) is 29.9 Å². The van der Waals surface area contributed by atoms with Crippen molar-refractivity contribution in [1.29, 1.82) is 0 Å². The first kappa shape index (κ1) is 11.7. The van der Waals surface area contributed by atoms with Crippen LogP contribution in [0.25, 0.3) is 0 Å². The Kier molecular flexibility index (Phi) is 3.44. The molecule has 0 aromatic rings. The minimum Gasteiger partial charge on any atom is -0.475 e. The van der Waals surface area contributed by atoms with Crippen LogP contribution in [-0.2, 0) is 19.1 Å². The van der Waals surface area contributed by atoms with E-state index in [1.807, 2.05) is 6.92 Å². The molecule has 5 heteroatoms. The second kappa shape index (κ2) is 4.42. The summed E-state index contributed by atoms with van der Waals surface area (Å²) in [5, 5.41) is 8.60. The second-order valence-electron chi connectivity index (χ2n) is 3.98. The number of methoxy groups -OCH3 is 1. The number of carbonyl (C=O) groups is 3. The first-order valence-electron chi connectivity index (χ1n) is 4.82. The van der Waals surface area contributed by atoms with Crippen molar-refractivity contribution in [1.82, 2.24) is 0 Å². The number of rotatable bonds is 3. The van der Waals surface area contributed by atoms with Crippen LogP contribution >= 0.6 is 0 Å². The molecular weight excluding hydrogens is 200 g/mol. The molecule has 15 heavy (non-hydrogen) atoms. The number of hydrogen-bond donors (Lipinski definition) is 1. The monoisotopic (exact) mass is 214 g/mol. The van der Waals surface area contributed by atoms with E-state index in [-0.39, 0.29) is 5.92 Å². The van der Waals surface area contributed by atoms with E-state index < -0.39 is 29.6 Å². The topological polar surface area (TPSA) is 80.7 Å². The van der Waals surface area contributed by atoms with Gasteiger partial charge in [-0.05, 0) is 18.8 Å². The van der Waals surface area contributed by atoms with E-state index in [1.54, 1.807) is 0 Å². The zero-order valence-electron chi connectivity index (χ0n) is 8.73. The van der Waals surface area contributed by atoms with E-state index in [4.69, 9.17) is 5.11 Å². The lowest BCUT2D eigenvalue weighted by molar-refractivity contribution is -0.155. The standard InChI is InChI=1S/C10H14O5/c1-5-3-6(8(11)9(12)13)7(4-5)10(14)15-2/h5-7H,3-4H2,1-2H3,(H,12,13). The van der Waals surface area contributed by atoms with Crippen molar-refractivity contribution in [2.45, 2.75) is 19.8 Å². The molecule has 3 atom stereocenters. The van der Waals surface area contributed by atoms with Crippen LogP contribution < -0.4 is 0 Å². The van der Waals surface area contributed by atoms with Crippen LogP contribution in [0.3, 0.4) is 0 Å². The summed E-state index contributed by atoms with van der Waals surface area (Å²) in [6.45, 7) is 1.89. The van der Waals surface area contributed by atoms with Crippen LogP contribution in [0.15, 0.2) is 0 Å². The third-order valence-corrected chi connectivity index (χ3v) is 2.85. The molecule has 0 bridgehead atoms. The quantitative estimate of drug-likeness (QED) is 0.545. The van der Waals surface area contributed by atoms with Crippen molar-refractivity contribution in [2.24, 2.45) is 17.8 Å². The smallest absolute Gasteiger partial charge is 0.372 e. The van der Waals surface area contributed by atoms with Gasteiger partial charge in [-0.15, -0.1) is 0 Å². The summed E-state index contributed by atoms with van der Waals surface area (Å²) in [6.07, 6.45) is 0.973. The molecule has 0 saturated heterocycles. The Balaban J connectivity index is 2.82. The van der Waals surface area contributed by atoms with Gasteiger partial charge in [0.15, 0.2) is 0 Å². The average molecular weight is 214 g/mol. The molecule has 84 valence electrons. The third kappa shape index (κ3) is 2.34. The van der Waals surface area contributed by atoms with Crippen LogP contribution in [0.4, 0.5) is 0 Å². The van der Waals surface area contributed by atoms with Gasteiger partial charge < -0.3 is 9.84 Å². The van der Waals surface area contributed by atoms with Crippen molar-refractivity contribution in [3.63, 3.8) is 0 Å². The third-order valence-electron chi connectivity index (χ3n) is 2.85. The molecule has 1 saturated carbocycles. The molecule has 0 heterocycles. The van der Waals surface area contributed by atoms with E-state index in [2.05, 4.69) is 4.74 Å². The highest BCUT2D eigenvalue weighted by molar-refractivity contribution is 6.34. The lowest BCUT2D eigenvalue weighted by atomic mass is 9.92. The van der Waals surface area contributed by atoms with Crippen molar-refractivity contribution in [3.8, 4) is 0 Å². The highest BCUT2D eigenvalue weighted by Gasteiger charge is 2.43. The predicted molar refractivity (Wildman–Crippen MR) is 50.0 cm³/mol. The maximum Gasteiger partial charge on any atom is 0.372 e. The molecule has 1 aliphatic carbocycles. The van der Waals surface area contributed by atoms with Crippen LogP contribution in [0, 0.1) is 17.8 Å². The Labute approximate surface area is 87.4 Å². The minimum atomic E-state index is -1.47. The fourth-order valence-corrected chi connectivity index (χ4v) is 2.15. The number of Topliss-reactive ketones (excluding diaryl/α,β-unsaturated/α-hetero) is 1. The molecule has 3 unspecified atom stereocenters. The molecule has 0 aliphatic heterocycles. The Hall–Kier alpha value is -1.39. The van der Waals surface area contributed by atoms with Crippen molar-refractivity contribution in [3.05, 3.63) is 0 Å². The number of esters is 1. The Morgan fingerprint density at radius 1 is 1.20 bits per heavy atom. The van der Waals surface area contributed by atoms with Crippen LogP contribution in [0.5, 0.6) is 0 Å². The van der Waals surface area contributed by atoms with Crippen LogP contribution in [0.1, 0.15) is 19.8 Å². The largest absolute Gasteiger partial charge is 0.475 e. The lowest BCUT2D eigenvalue weighted by Crippen LogP contribution is -2.30. The van der Waals surface area contributed by atoms with Gasteiger partial charge in [-0.25, -0.2) is 4.79 Å². The molecule has 0 spiro atoms. The van der Waals surface area contributed by atoms with Gasteiger partial charge in [-0.1, -0.05) is 6.92 Å². The maximum absolute atomic E-state index is 11.3. The van der Waals surface area contributed by atoms with Gasteiger partial charge in [0.1, 0.15) is 0 Å². The highest BCUT2D eigenvalue weighted by atomic mass is 16.5. The maximum atomic E-state index is 11.3. The number of ketones is 1. The summed E-state index contributed by atoms with van der Waals surface area (Å²) >= 11 is 0. The van der Waals surface area contributed by atoms with E-state index in [0.29, 0.717) is 12.8 Å². The lowest BCUT2D eigenvalue weighted by Gasteiger charge is -2.13. The number of carboxylic acids is 1. The Bertz CT molecular complexity index is 296.